The summed E-state index contributed by atoms with van der Waals surface area (Å²) in [6.07, 6.45) is 0.232. The van der Waals surface area contributed by atoms with Gasteiger partial charge in [-0.1, -0.05) is 6.92 Å². The quantitative estimate of drug-likeness (QED) is 0.754. The molecule has 1 amide bonds. The summed E-state index contributed by atoms with van der Waals surface area (Å²) in [6, 6.07) is 0. The van der Waals surface area contributed by atoms with Crippen LogP contribution in [0, 0.1) is 11.8 Å². The highest BCUT2D eigenvalue weighted by Crippen LogP contribution is 2.17. The van der Waals surface area contributed by atoms with Gasteiger partial charge in [0.25, 0.3) is 0 Å². The van der Waals surface area contributed by atoms with Gasteiger partial charge in [0.2, 0.25) is 5.91 Å². The standard InChI is InChI=1S/C12H24N2O2/c1-9(2)16-6-5-14(4)12(15)11-8-13-7-10(11)3/h9-11,13H,5-8H2,1-4H3/t10-,11-/m1/s1. The van der Waals surface area contributed by atoms with E-state index in [0.717, 1.165) is 13.1 Å². The van der Waals surface area contributed by atoms with E-state index < -0.39 is 0 Å². The second kappa shape index (κ2) is 6.21. The number of rotatable bonds is 5. The van der Waals surface area contributed by atoms with Crippen LogP contribution in [0.2, 0.25) is 0 Å². The van der Waals surface area contributed by atoms with Crippen molar-refractivity contribution in [1.29, 1.82) is 0 Å². The Morgan fingerprint density at radius 2 is 2.19 bits per heavy atom. The van der Waals surface area contributed by atoms with Gasteiger partial charge in [0.05, 0.1) is 18.6 Å². The van der Waals surface area contributed by atoms with Crippen LogP contribution >= 0.6 is 0 Å². The summed E-state index contributed by atoms with van der Waals surface area (Å²) >= 11 is 0. The van der Waals surface area contributed by atoms with E-state index >= 15 is 0 Å². The molecule has 4 heteroatoms. The van der Waals surface area contributed by atoms with Crippen molar-refractivity contribution in [2.45, 2.75) is 26.9 Å². The second-order valence-electron chi connectivity index (χ2n) is 4.92. The molecule has 94 valence electrons. The molecule has 0 aromatic carbocycles. The number of carbonyl (C=O) groups excluding carboxylic acids is 1. The van der Waals surface area contributed by atoms with Gasteiger partial charge in [-0.2, -0.15) is 0 Å². The lowest BCUT2D eigenvalue weighted by atomic mass is 9.97. The zero-order valence-corrected chi connectivity index (χ0v) is 10.8. The number of hydrogen-bond acceptors (Lipinski definition) is 3. The van der Waals surface area contributed by atoms with Crippen molar-refractivity contribution >= 4 is 5.91 Å². The zero-order chi connectivity index (χ0) is 12.1. The molecule has 4 nitrogen and oxygen atoms in total. The first-order valence-electron chi connectivity index (χ1n) is 6.09. The fraction of sp³-hybridized carbons (Fsp3) is 0.917. The number of carbonyl (C=O) groups is 1. The molecule has 0 spiro atoms. The third kappa shape index (κ3) is 3.76. The summed E-state index contributed by atoms with van der Waals surface area (Å²) < 4.78 is 5.44. The Balaban J connectivity index is 2.30. The molecule has 1 aliphatic rings. The van der Waals surface area contributed by atoms with Crippen molar-refractivity contribution in [1.82, 2.24) is 10.2 Å². The summed E-state index contributed by atoms with van der Waals surface area (Å²) in [5, 5.41) is 3.25. The fourth-order valence-electron chi connectivity index (χ4n) is 1.96. The Morgan fingerprint density at radius 3 is 2.69 bits per heavy atom. The van der Waals surface area contributed by atoms with E-state index in [4.69, 9.17) is 4.74 Å². The van der Waals surface area contributed by atoms with E-state index in [-0.39, 0.29) is 17.9 Å². The number of likely N-dealkylation sites (N-methyl/N-ethyl adjacent to an activating group) is 1. The smallest absolute Gasteiger partial charge is 0.227 e. The SMILES string of the molecule is CC(C)OCCN(C)C(=O)[C@@H]1CNC[C@H]1C. The molecule has 0 saturated carbocycles. The average Bonchev–Trinajstić information content (AvgIpc) is 2.62. The maximum atomic E-state index is 12.1. The molecule has 2 atom stereocenters. The van der Waals surface area contributed by atoms with Crippen molar-refractivity contribution in [3.8, 4) is 0 Å². The normalized spacial score (nSPS) is 25.1. The summed E-state index contributed by atoms with van der Waals surface area (Å²) in [5.41, 5.74) is 0. The molecular formula is C12H24N2O2. The topological polar surface area (TPSA) is 41.6 Å². The maximum absolute atomic E-state index is 12.1. The molecule has 1 saturated heterocycles. The minimum atomic E-state index is 0.143. The Morgan fingerprint density at radius 1 is 1.50 bits per heavy atom. The second-order valence-corrected chi connectivity index (χ2v) is 4.92. The maximum Gasteiger partial charge on any atom is 0.227 e. The molecule has 1 fully saturated rings. The molecule has 0 bridgehead atoms. The summed E-state index contributed by atoms with van der Waals surface area (Å²) in [5.74, 6) is 0.829. The zero-order valence-electron chi connectivity index (χ0n) is 10.8. The molecule has 1 aliphatic heterocycles. The molecule has 1 heterocycles. The van der Waals surface area contributed by atoms with E-state index in [1.54, 1.807) is 4.90 Å². The number of amides is 1. The Hall–Kier alpha value is -0.610. The van der Waals surface area contributed by atoms with Gasteiger partial charge in [-0.3, -0.25) is 4.79 Å². The van der Waals surface area contributed by atoms with Crippen LogP contribution in [-0.2, 0) is 9.53 Å². The fourth-order valence-corrected chi connectivity index (χ4v) is 1.96. The predicted molar refractivity (Wildman–Crippen MR) is 64.2 cm³/mol. The van der Waals surface area contributed by atoms with Crippen molar-refractivity contribution in [2.75, 3.05) is 33.3 Å². The lowest BCUT2D eigenvalue weighted by Gasteiger charge is -2.23. The van der Waals surface area contributed by atoms with E-state index in [1.807, 2.05) is 20.9 Å². The van der Waals surface area contributed by atoms with E-state index in [0.29, 0.717) is 19.1 Å². The molecule has 16 heavy (non-hydrogen) atoms. The summed E-state index contributed by atoms with van der Waals surface area (Å²) in [4.78, 5) is 13.9. The summed E-state index contributed by atoms with van der Waals surface area (Å²) in [7, 11) is 1.86. The lowest BCUT2D eigenvalue weighted by Crippen LogP contribution is -2.38. The van der Waals surface area contributed by atoms with Crippen molar-refractivity contribution in [3.05, 3.63) is 0 Å². The minimum absolute atomic E-state index is 0.143. The first-order chi connectivity index (χ1) is 7.52. The first-order valence-corrected chi connectivity index (χ1v) is 6.09. The largest absolute Gasteiger partial charge is 0.377 e. The molecule has 0 aliphatic carbocycles. The number of hydrogen-bond donors (Lipinski definition) is 1. The van der Waals surface area contributed by atoms with Crippen LogP contribution in [0.25, 0.3) is 0 Å². The molecule has 1 N–H and O–H groups in total. The number of ether oxygens (including phenoxy) is 1. The van der Waals surface area contributed by atoms with Crippen molar-refractivity contribution in [3.63, 3.8) is 0 Å². The van der Waals surface area contributed by atoms with Gasteiger partial charge in [-0.05, 0) is 26.3 Å². The molecule has 0 radical (unpaired) electrons. The number of nitrogens with one attached hydrogen (secondary N) is 1. The van der Waals surface area contributed by atoms with Gasteiger partial charge in [0, 0.05) is 20.1 Å². The molecule has 0 unspecified atom stereocenters. The monoisotopic (exact) mass is 228 g/mol. The van der Waals surface area contributed by atoms with Gasteiger partial charge >= 0.3 is 0 Å². The molecular weight excluding hydrogens is 204 g/mol. The highest BCUT2D eigenvalue weighted by molar-refractivity contribution is 5.79. The van der Waals surface area contributed by atoms with Gasteiger partial charge in [-0.15, -0.1) is 0 Å². The van der Waals surface area contributed by atoms with Crippen LogP contribution in [-0.4, -0.2) is 50.2 Å². The highest BCUT2D eigenvalue weighted by Gasteiger charge is 2.31. The van der Waals surface area contributed by atoms with Crippen molar-refractivity contribution in [2.24, 2.45) is 11.8 Å². The predicted octanol–water partition coefficient (Wildman–Crippen LogP) is 0.725. The van der Waals surface area contributed by atoms with Gasteiger partial charge in [0.1, 0.15) is 0 Å². The van der Waals surface area contributed by atoms with Crippen LogP contribution in [0.15, 0.2) is 0 Å². The third-order valence-electron chi connectivity index (χ3n) is 3.09. The molecule has 0 aromatic rings. The van der Waals surface area contributed by atoms with Crippen LogP contribution in [0.3, 0.4) is 0 Å². The highest BCUT2D eigenvalue weighted by atomic mass is 16.5. The van der Waals surface area contributed by atoms with Gasteiger partial charge in [0.15, 0.2) is 0 Å². The van der Waals surface area contributed by atoms with Crippen LogP contribution in [0.5, 0.6) is 0 Å². The van der Waals surface area contributed by atoms with Gasteiger partial charge < -0.3 is 15.0 Å². The van der Waals surface area contributed by atoms with E-state index in [2.05, 4.69) is 12.2 Å². The van der Waals surface area contributed by atoms with Crippen molar-refractivity contribution < 1.29 is 9.53 Å². The lowest BCUT2D eigenvalue weighted by molar-refractivity contribution is -0.135. The van der Waals surface area contributed by atoms with Crippen LogP contribution in [0.1, 0.15) is 20.8 Å². The van der Waals surface area contributed by atoms with Crippen LogP contribution in [0.4, 0.5) is 0 Å². The molecule has 1 rings (SSSR count). The minimum Gasteiger partial charge on any atom is -0.377 e. The Labute approximate surface area is 98.3 Å². The van der Waals surface area contributed by atoms with E-state index in [9.17, 15) is 4.79 Å². The first kappa shape index (κ1) is 13.5. The summed E-state index contributed by atoms with van der Waals surface area (Å²) in [6.45, 7) is 9.20. The number of nitrogens with zero attached hydrogens (tertiary/aromatic N) is 1. The Bertz CT molecular complexity index is 231. The molecule has 0 aromatic heterocycles. The van der Waals surface area contributed by atoms with Gasteiger partial charge in [-0.25, -0.2) is 0 Å². The van der Waals surface area contributed by atoms with E-state index in [1.165, 1.54) is 0 Å². The third-order valence-corrected chi connectivity index (χ3v) is 3.09. The average molecular weight is 228 g/mol. The van der Waals surface area contributed by atoms with Crippen LogP contribution < -0.4 is 5.32 Å². The Kier molecular flexibility index (Phi) is 5.22.